The van der Waals surface area contributed by atoms with Crippen molar-refractivity contribution in [3.05, 3.63) is 28.8 Å². The van der Waals surface area contributed by atoms with Crippen LogP contribution in [0.15, 0.2) is 18.2 Å². The standard InChI is InChI=1S/C12H17ClN2/c1-9-7-11(3-4-12(9)13)15-6-5-14-8-10(15)2/h3-4,7,10,14H,5-6,8H2,1-2H3/t10-/m1/s1. The molecule has 0 aliphatic carbocycles. The van der Waals surface area contributed by atoms with Crippen LogP contribution in [0.2, 0.25) is 5.02 Å². The Bertz CT molecular complexity index is 351. The minimum atomic E-state index is 0.555. The number of hydrogen-bond donors (Lipinski definition) is 1. The van der Waals surface area contributed by atoms with Gasteiger partial charge < -0.3 is 10.2 Å². The Kier molecular flexibility index (Phi) is 3.17. The van der Waals surface area contributed by atoms with Gasteiger partial charge >= 0.3 is 0 Å². The Hall–Kier alpha value is -0.730. The first-order chi connectivity index (χ1) is 7.18. The molecule has 1 aromatic rings. The number of halogens is 1. The summed E-state index contributed by atoms with van der Waals surface area (Å²) in [6.07, 6.45) is 0. The van der Waals surface area contributed by atoms with Gasteiger partial charge in [-0.3, -0.25) is 0 Å². The van der Waals surface area contributed by atoms with E-state index in [1.54, 1.807) is 0 Å². The monoisotopic (exact) mass is 224 g/mol. The maximum absolute atomic E-state index is 6.03. The van der Waals surface area contributed by atoms with Crippen LogP contribution >= 0.6 is 11.6 Å². The fourth-order valence-corrected chi connectivity index (χ4v) is 2.15. The third-order valence-electron chi connectivity index (χ3n) is 2.97. The van der Waals surface area contributed by atoms with Crippen molar-refractivity contribution >= 4 is 17.3 Å². The van der Waals surface area contributed by atoms with Gasteiger partial charge in [0, 0.05) is 36.4 Å². The second-order valence-electron chi connectivity index (χ2n) is 4.18. The van der Waals surface area contributed by atoms with E-state index in [4.69, 9.17) is 11.6 Å². The largest absolute Gasteiger partial charge is 0.366 e. The molecule has 15 heavy (non-hydrogen) atoms. The van der Waals surface area contributed by atoms with Crippen LogP contribution in [0.4, 0.5) is 5.69 Å². The average molecular weight is 225 g/mol. The molecule has 0 radical (unpaired) electrons. The molecule has 2 rings (SSSR count). The average Bonchev–Trinajstić information content (AvgIpc) is 2.23. The number of hydrogen-bond acceptors (Lipinski definition) is 2. The molecule has 0 saturated carbocycles. The summed E-state index contributed by atoms with van der Waals surface area (Å²) in [5.41, 5.74) is 2.44. The molecule has 3 heteroatoms. The molecule has 1 fully saturated rings. The summed E-state index contributed by atoms with van der Waals surface area (Å²) in [6, 6.07) is 6.82. The van der Waals surface area contributed by atoms with Gasteiger partial charge in [0.05, 0.1) is 0 Å². The van der Waals surface area contributed by atoms with Crippen LogP contribution in [0.1, 0.15) is 12.5 Å². The molecule has 1 aliphatic heterocycles. The van der Waals surface area contributed by atoms with Crippen LogP contribution in [0, 0.1) is 6.92 Å². The first-order valence-electron chi connectivity index (χ1n) is 5.42. The van der Waals surface area contributed by atoms with E-state index in [-0.39, 0.29) is 0 Å². The molecule has 1 saturated heterocycles. The van der Waals surface area contributed by atoms with Gasteiger partial charge in [-0.2, -0.15) is 0 Å². The topological polar surface area (TPSA) is 15.3 Å². The third kappa shape index (κ3) is 2.27. The normalized spacial score (nSPS) is 21.8. The van der Waals surface area contributed by atoms with Crippen molar-refractivity contribution in [3.63, 3.8) is 0 Å². The summed E-state index contributed by atoms with van der Waals surface area (Å²) in [4.78, 5) is 2.43. The molecule has 1 atom stereocenters. The van der Waals surface area contributed by atoms with E-state index in [9.17, 15) is 0 Å². The number of nitrogens with one attached hydrogen (secondary N) is 1. The van der Waals surface area contributed by atoms with Crippen LogP contribution in [0.3, 0.4) is 0 Å². The molecule has 1 aliphatic rings. The molecule has 0 amide bonds. The van der Waals surface area contributed by atoms with E-state index in [2.05, 4.69) is 36.2 Å². The highest BCUT2D eigenvalue weighted by molar-refractivity contribution is 6.31. The number of benzene rings is 1. The van der Waals surface area contributed by atoms with E-state index in [0.717, 1.165) is 30.2 Å². The zero-order valence-electron chi connectivity index (χ0n) is 9.26. The van der Waals surface area contributed by atoms with Crippen molar-refractivity contribution in [2.75, 3.05) is 24.5 Å². The fraction of sp³-hybridized carbons (Fsp3) is 0.500. The van der Waals surface area contributed by atoms with Gasteiger partial charge in [-0.25, -0.2) is 0 Å². The Labute approximate surface area is 96.2 Å². The van der Waals surface area contributed by atoms with E-state index in [1.165, 1.54) is 5.69 Å². The summed E-state index contributed by atoms with van der Waals surface area (Å²) in [6.45, 7) is 7.49. The van der Waals surface area contributed by atoms with Gasteiger partial charge in [0.1, 0.15) is 0 Å². The molecular formula is C12H17ClN2. The van der Waals surface area contributed by atoms with Crippen LogP contribution in [0.25, 0.3) is 0 Å². The van der Waals surface area contributed by atoms with Gasteiger partial charge in [-0.1, -0.05) is 11.6 Å². The van der Waals surface area contributed by atoms with Crippen LogP contribution in [-0.4, -0.2) is 25.7 Å². The highest BCUT2D eigenvalue weighted by Gasteiger charge is 2.18. The van der Waals surface area contributed by atoms with Gasteiger partial charge in [0.15, 0.2) is 0 Å². The van der Waals surface area contributed by atoms with Crippen LogP contribution in [0.5, 0.6) is 0 Å². The van der Waals surface area contributed by atoms with Crippen molar-refractivity contribution in [3.8, 4) is 0 Å². The summed E-state index contributed by atoms with van der Waals surface area (Å²) >= 11 is 6.03. The van der Waals surface area contributed by atoms with Crippen LogP contribution < -0.4 is 10.2 Å². The van der Waals surface area contributed by atoms with E-state index >= 15 is 0 Å². The van der Waals surface area contributed by atoms with Gasteiger partial charge in [0.25, 0.3) is 0 Å². The lowest BCUT2D eigenvalue weighted by Crippen LogP contribution is -2.49. The summed E-state index contributed by atoms with van der Waals surface area (Å²) < 4.78 is 0. The Morgan fingerprint density at radius 3 is 2.93 bits per heavy atom. The van der Waals surface area contributed by atoms with E-state index < -0.39 is 0 Å². The summed E-state index contributed by atoms with van der Waals surface area (Å²) in [5, 5.41) is 4.24. The maximum atomic E-state index is 6.03. The second-order valence-corrected chi connectivity index (χ2v) is 4.59. The number of rotatable bonds is 1. The van der Waals surface area contributed by atoms with E-state index in [1.807, 2.05) is 6.07 Å². The molecule has 1 heterocycles. The van der Waals surface area contributed by atoms with Crippen molar-refractivity contribution in [1.29, 1.82) is 0 Å². The van der Waals surface area contributed by atoms with Crippen molar-refractivity contribution in [1.82, 2.24) is 5.32 Å². The fourth-order valence-electron chi connectivity index (χ4n) is 2.03. The Morgan fingerprint density at radius 2 is 2.27 bits per heavy atom. The minimum Gasteiger partial charge on any atom is -0.366 e. The maximum Gasteiger partial charge on any atom is 0.0436 e. The Balaban J connectivity index is 2.24. The highest BCUT2D eigenvalue weighted by atomic mass is 35.5. The lowest BCUT2D eigenvalue weighted by atomic mass is 10.1. The molecule has 1 N–H and O–H groups in total. The quantitative estimate of drug-likeness (QED) is 0.789. The number of nitrogens with zero attached hydrogens (tertiary/aromatic N) is 1. The molecule has 0 aromatic heterocycles. The first kappa shape index (κ1) is 10.8. The summed E-state index contributed by atoms with van der Waals surface area (Å²) in [5.74, 6) is 0. The molecule has 0 spiro atoms. The van der Waals surface area contributed by atoms with E-state index in [0.29, 0.717) is 6.04 Å². The SMILES string of the molecule is Cc1cc(N2CCNC[C@H]2C)ccc1Cl. The van der Waals surface area contributed by atoms with Gasteiger partial charge in [-0.15, -0.1) is 0 Å². The second kappa shape index (κ2) is 4.42. The predicted octanol–water partition coefficient (Wildman–Crippen LogP) is 2.45. The Morgan fingerprint density at radius 1 is 1.47 bits per heavy atom. The molecule has 2 nitrogen and oxygen atoms in total. The molecule has 0 bridgehead atoms. The van der Waals surface area contributed by atoms with Crippen molar-refractivity contribution in [2.24, 2.45) is 0 Å². The zero-order chi connectivity index (χ0) is 10.8. The van der Waals surface area contributed by atoms with Crippen LogP contribution in [-0.2, 0) is 0 Å². The minimum absolute atomic E-state index is 0.555. The van der Waals surface area contributed by atoms with Crippen molar-refractivity contribution < 1.29 is 0 Å². The predicted molar refractivity (Wildman–Crippen MR) is 65.9 cm³/mol. The lowest BCUT2D eigenvalue weighted by molar-refractivity contribution is 0.501. The molecule has 1 aromatic carbocycles. The first-order valence-corrected chi connectivity index (χ1v) is 5.80. The smallest absolute Gasteiger partial charge is 0.0436 e. The lowest BCUT2D eigenvalue weighted by Gasteiger charge is -2.36. The molecular weight excluding hydrogens is 208 g/mol. The molecule has 0 unspecified atom stereocenters. The number of anilines is 1. The van der Waals surface area contributed by atoms with Crippen molar-refractivity contribution in [2.45, 2.75) is 19.9 Å². The zero-order valence-corrected chi connectivity index (χ0v) is 10.0. The highest BCUT2D eigenvalue weighted by Crippen LogP contribution is 2.24. The third-order valence-corrected chi connectivity index (χ3v) is 3.40. The summed E-state index contributed by atoms with van der Waals surface area (Å²) in [7, 11) is 0. The van der Waals surface area contributed by atoms with Gasteiger partial charge in [0.2, 0.25) is 0 Å². The van der Waals surface area contributed by atoms with Gasteiger partial charge in [-0.05, 0) is 37.6 Å². The number of aryl methyl sites for hydroxylation is 1. The molecule has 82 valence electrons. The number of piperazine rings is 1.